The highest BCUT2D eigenvalue weighted by Crippen LogP contribution is 2.28. The normalized spacial score (nSPS) is 18.6. The molecule has 0 saturated carbocycles. The summed E-state index contributed by atoms with van der Waals surface area (Å²) in [7, 11) is 0. The molecule has 0 bridgehead atoms. The minimum absolute atomic E-state index is 0.220. The Kier molecular flexibility index (Phi) is 4.67. The molecule has 2 N–H and O–H groups in total. The van der Waals surface area contributed by atoms with Crippen LogP contribution in [0.1, 0.15) is 49.4 Å². The van der Waals surface area contributed by atoms with E-state index in [1.54, 1.807) is 11.3 Å². The summed E-state index contributed by atoms with van der Waals surface area (Å²) in [6, 6.07) is 4.03. The first-order valence-electron chi connectivity index (χ1n) is 7.63. The maximum Gasteiger partial charge on any atom is 0.243 e. The average molecular weight is 306 g/mol. The summed E-state index contributed by atoms with van der Waals surface area (Å²) in [5, 5.41) is 4.01. The summed E-state index contributed by atoms with van der Waals surface area (Å²) in [4.78, 5) is 9.31. The fourth-order valence-corrected chi connectivity index (χ4v) is 3.59. The molecule has 6 heteroatoms. The Hall–Kier alpha value is -1.24. The van der Waals surface area contributed by atoms with Gasteiger partial charge in [0.2, 0.25) is 11.7 Å². The summed E-state index contributed by atoms with van der Waals surface area (Å²) >= 11 is 1.74. The van der Waals surface area contributed by atoms with Gasteiger partial charge in [-0.05, 0) is 45.0 Å². The van der Waals surface area contributed by atoms with Crippen LogP contribution in [0.25, 0.3) is 10.7 Å². The Morgan fingerprint density at radius 2 is 2.05 bits per heavy atom. The van der Waals surface area contributed by atoms with Gasteiger partial charge < -0.3 is 10.3 Å². The summed E-state index contributed by atoms with van der Waals surface area (Å²) in [6.07, 6.45) is 5.38. The molecule has 2 aromatic heterocycles. The van der Waals surface area contributed by atoms with Gasteiger partial charge in [0, 0.05) is 11.4 Å². The Labute approximate surface area is 129 Å². The SMILES string of the molecule is CC(N)c1nc(-c2ccc(CN3CCCCCC3)s2)no1. The maximum absolute atomic E-state index is 5.75. The average Bonchev–Trinajstić information content (AvgIpc) is 3.04. The first-order chi connectivity index (χ1) is 10.2. The van der Waals surface area contributed by atoms with E-state index in [4.69, 9.17) is 10.3 Å². The van der Waals surface area contributed by atoms with Crippen LogP contribution >= 0.6 is 11.3 Å². The summed E-state index contributed by atoms with van der Waals surface area (Å²) in [5.74, 6) is 1.14. The lowest BCUT2D eigenvalue weighted by Gasteiger charge is -2.18. The van der Waals surface area contributed by atoms with Crippen LogP contribution in [0.4, 0.5) is 0 Å². The van der Waals surface area contributed by atoms with Gasteiger partial charge in [0.1, 0.15) is 0 Å². The molecule has 1 unspecified atom stereocenters. The lowest BCUT2D eigenvalue weighted by atomic mass is 10.2. The molecule has 2 aromatic rings. The fraction of sp³-hybridized carbons (Fsp3) is 0.600. The van der Waals surface area contributed by atoms with Gasteiger partial charge in [-0.1, -0.05) is 18.0 Å². The predicted molar refractivity (Wildman–Crippen MR) is 84.0 cm³/mol. The molecule has 1 aliphatic heterocycles. The number of aromatic nitrogens is 2. The van der Waals surface area contributed by atoms with Crippen molar-refractivity contribution in [2.75, 3.05) is 13.1 Å². The van der Waals surface area contributed by atoms with E-state index in [1.807, 2.05) is 6.92 Å². The molecule has 3 heterocycles. The molecular weight excluding hydrogens is 284 g/mol. The zero-order valence-corrected chi connectivity index (χ0v) is 13.2. The number of nitrogens with two attached hydrogens (primary N) is 1. The number of hydrogen-bond donors (Lipinski definition) is 1. The van der Waals surface area contributed by atoms with Crippen molar-refractivity contribution in [1.82, 2.24) is 15.0 Å². The molecule has 5 nitrogen and oxygen atoms in total. The van der Waals surface area contributed by atoms with Gasteiger partial charge >= 0.3 is 0 Å². The largest absolute Gasteiger partial charge is 0.337 e. The van der Waals surface area contributed by atoms with E-state index in [-0.39, 0.29) is 6.04 Å². The second-order valence-corrected chi connectivity index (χ2v) is 6.87. The molecule has 21 heavy (non-hydrogen) atoms. The number of nitrogens with zero attached hydrogens (tertiary/aromatic N) is 3. The van der Waals surface area contributed by atoms with E-state index in [1.165, 1.54) is 43.6 Å². The van der Waals surface area contributed by atoms with Crippen molar-refractivity contribution in [3.63, 3.8) is 0 Å². The van der Waals surface area contributed by atoms with E-state index < -0.39 is 0 Å². The Morgan fingerprint density at radius 3 is 2.71 bits per heavy atom. The van der Waals surface area contributed by atoms with Crippen LogP contribution in [0.5, 0.6) is 0 Å². The first kappa shape index (κ1) is 14.7. The molecule has 3 rings (SSSR count). The van der Waals surface area contributed by atoms with Gasteiger partial charge in [-0.25, -0.2) is 0 Å². The molecule has 1 fully saturated rings. The van der Waals surface area contributed by atoms with Gasteiger partial charge in [0.05, 0.1) is 10.9 Å². The van der Waals surface area contributed by atoms with Crippen molar-refractivity contribution in [1.29, 1.82) is 0 Å². The van der Waals surface area contributed by atoms with Gasteiger partial charge in [-0.2, -0.15) is 4.98 Å². The maximum atomic E-state index is 5.75. The third kappa shape index (κ3) is 3.70. The molecule has 1 atom stereocenters. The Balaban J connectivity index is 1.67. The predicted octanol–water partition coefficient (Wildman–Crippen LogP) is 3.19. The van der Waals surface area contributed by atoms with Crippen LogP contribution in [0, 0.1) is 0 Å². The van der Waals surface area contributed by atoms with Gasteiger partial charge in [-0.3, -0.25) is 4.90 Å². The Morgan fingerprint density at radius 1 is 1.29 bits per heavy atom. The van der Waals surface area contributed by atoms with Crippen LogP contribution < -0.4 is 5.73 Å². The molecule has 1 saturated heterocycles. The molecule has 114 valence electrons. The van der Waals surface area contributed by atoms with Crippen LogP contribution in [0.15, 0.2) is 16.7 Å². The van der Waals surface area contributed by atoms with E-state index in [9.17, 15) is 0 Å². The monoisotopic (exact) mass is 306 g/mol. The van der Waals surface area contributed by atoms with Gasteiger partial charge in [0.25, 0.3) is 0 Å². The number of likely N-dealkylation sites (tertiary alicyclic amines) is 1. The third-order valence-electron chi connectivity index (χ3n) is 3.79. The molecule has 0 spiro atoms. The summed E-state index contributed by atoms with van der Waals surface area (Å²) < 4.78 is 5.17. The quantitative estimate of drug-likeness (QED) is 0.939. The van der Waals surface area contributed by atoms with Crippen molar-refractivity contribution >= 4 is 11.3 Å². The van der Waals surface area contributed by atoms with E-state index in [2.05, 4.69) is 27.2 Å². The number of thiophene rings is 1. The van der Waals surface area contributed by atoms with Crippen LogP contribution in [-0.2, 0) is 6.54 Å². The smallest absolute Gasteiger partial charge is 0.243 e. The van der Waals surface area contributed by atoms with E-state index in [0.717, 1.165) is 11.4 Å². The highest BCUT2D eigenvalue weighted by molar-refractivity contribution is 7.15. The zero-order chi connectivity index (χ0) is 14.7. The summed E-state index contributed by atoms with van der Waals surface area (Å²) in [6.45, 7) is 5.30. The van der Waals surface area contributed by atoms with Crippen molar-refractivity contribution in [2.24, 2.45) is 5.73 Å². The number of hydrogen-bond acceptors (Lipinski definition) is 6. The minimum atomic E-state index is -0.220. The fourth-order valence-electron chi connectivity index (χ4n) is 2.62. The first-order valence-corrected chi connectivity index (χ1v) is 8.44. The second kappa shape index (κ2) is 6.68. The van der Waals surface area contributed by atoms with Gasteiger partial charge in [0.15, 0.2) is 0 Å². The van der Waals surface area contributed by atoms with E-state index in [0.29, 0.717) is 11.7 Å². The van der Waals surface area contributed by atoms with E-state index >= 15 is 0 Å². The molecule has 0 amide bonds. The van der Waals surface area contributed by atoms with Crippen molar-refractivity contribution in [2.45, 2.75) is 45.2 Å². The highest BCUT2D eigenvalue weighted by Gasteiger charge is 2.15. The zero-order valence-electron chi connectivity index (χ0n) is 12.4. The molecule has 0 radical (unpaired) electrons. The highest BCUT2D eigenvalue weighted by atomic mass is 32.1. The third-order valence-corrected chi connectivity index (χ3v) is 4.86. The van der Waals surface area contributed by atoms with Gasteiger partial charge in [-0.15, -0.1) is 11.3 Å². The van der Waals surface area contributed by atoms with Crippen molar-refractivity contribution < 1.29 is 4.52 Å². The second-order valence-electron chi connectivity index (χ2n) is 5.70. The standard InChI is InChI=1S/C15H22N4OS/c1-11(16)15-17-14(18-20-15)13-7-6-12(21-13)10-19-8-4-2-3-5-9-19/h6-7,11H,2-5,8-10,16H2,1H3. The number of rotatable bonds is 4. The van der Waals surface area contributed by atoms with Crippen LogP contribution in [-0.4, -0.2) is 28.1 Å². The topological polar surface area (TPSA) is 68.2 Å². The molecule has 0 aromatic carbocycles. The molecule has 1 aliphatic rings. The minimum Gasteiger partial charge on any atom is -0.337 e. The summed E-state index contributed by atoms with van der Waals surface area (Å²) in [5.41, 5.74) is 5.75. The van der Waals surface area contributed by atoms with Crippen LogP contribution in [0.2, 0.25) is 0 Å². The lowest BCUT2D eigenvalue weighted by molar-refractivity contribution is 0.279. The molecular formula is C15H22N4OS. The van der Waals surface area contributed by atoms with Crippen molar-refractivity contribution in [3.05, 3.63) is 22.9 Å². The lowest BCUT2D eigenvalue weighted by Crippen LogP contribution is -2.23. The molecule has 0 aliphatic carbocycles. The van der Waals surface area contributed by atoms with Crippen molar-refractivity contribution in [3.8, 4) is 10.7 Å². The van der Waals surface area contributed by atoms with Crippen LogP contribution in [0.3, 0.4) is 0 Å². The Bertz CT molecular complexity index is 570.